The first kappa shape index (κ1) is 19.1. The van der Waals surface area contributed by atoms with Gasteiger partial charge in [-0.1, -0.05) is 53.6 Å². The Hall–Kier alpha value is -4.84. The van der Waals surface area contributed by atoms with Crippen molar-refractivity contribution in [2.75, 3.05) is 10.6 Å². The Bertz CT molecular complexity index is 1370. The molecule has 9 nitrogen and oxygen atoms in total. The van der Waals surface area contributed by atoms with Crippen molar-refractivity contribution in [3.63, 3.8) is 0 Å². The highest BCUT2D eigenvalue weighted by Crippen LogP contribution is 2.25. The summed E-state index contributed by atoms with van der Waals surface area (Å²) in [5, 5.41) is 22.8. The fraction of sp³-hybridized carbons (Fsp3) is 0.0435. The molecule has 0 spiro atoms. The second-order valence-electron chi connectivity index (χ2n) is 6.88. The molecule has 2 N–H and O–H groups in total. The number of nitriles is 1. The fourth-order valence-corrected chi connectivity index (χ4v) is 3.32. The highest BCUT2D eigenvalue weighted by Gasteiger charge is 2.27. The van der Waals surface area contributed by atoms with Crippen LogP contribution in [0, 0.1) is 11.3 Å². The van der Waals surface area contributed by atoms with Crippen LogP contribution in [0.5, 0.6) is 0 Å². The van der Waals surface area contributed by atoms with Crippen molar-refractivity contribution in [3.8, 4) is 17.5 Å². The van der Waals surface area contributed by atoms with Crippen molar-refractivity contribution in [2.24, 2.45) is 4.99 Å². The van der Waals surface area contributed by atoms with E-state index in [0.717, 1.165) is 11.1 Å². The molecule has 1 aliphatic rings. The Morgan fingerprint density at radius 1 is 1.00 bits per heavy atom. The number of anilines is 2. The van der Waals surface area contributed by atoms with Gasteiger partial charge in [0.25, 0.3) is 5.91 Å². The van der Waals surface area contributed by atoms with E-state index in [1.807, 2.05) is 60.7 Å². The van der Waals surface area contributed by atoms with Crippen LogP contribution in [0.4, 0.5) is 11.7 Å². The largest absolute Gasteiger partial charge is 0.403 e. The van der Waals surface area contributed by atoms with Crippen LogP contribution in [0.2, 0.25) is 0 Å². The third-order valence-corrected chi connectivity index (χ3v) is 4.80. The minimum absolute atomic E-state index is 0.0255. The summed E-state index contributed by atoms with van der Waals surface area (Å²) in [6, 6.07) is 22.3. The van der Waals surface area contributed by atoms with Gasteiger partial charge in [0.2, 0.25) is 12.1 Å². The molecule has 1 aliphatic heterocycles. The molecule has 0 saturated carbocycles. The molecular weight excluding hydrogens is 406 g/mol. The number of hydrogen-bond donors (Lipinski definition) is 2. The number of para-hydroxylation sites is 1. The quantitative estimate of drug-likeness (QED) is 0.517. The molecule has 154 valence electrons. The second kappa shape index (κ2) is 8.12. The standard InChI is InChI=1S/C23H15N7O2/c24-13-16-12-15(10-11-25-16)22-29-30-23(32-22)28-20-21(31)26-18-9-5-4-8-17(18)19(27-20)14-6-2-1-3-7-14/h1-12,20H,(H,26,31)(H,28,30). The number of carbonyl (C=O) groups is 1. The van der Waals surface area contributed by atoms with Gasteiger partial charge < -0.3 is 15.1 Å². The molecule has 1 atom stereocenters. The molecule has 0 fully saturated rings. The highest BCUT2D eigenvalue weighted by molar-refractivity contribution is 6.19. The van der Waals surface area contributed by atoms with Gasteiger partial charge in [0.15, 0.2) is 0 Å². The van der Waals surface area contributed by atoms with Gasteiger partial charge in [0, 0.05) is 22.9 Å². The molecule has 0 radical (unpaired) electrons. The zero-order valence-electron chi connectivity index (χ0n) is 16.6. The molecule has 9 heteroatoms. The average Bonchev–Trinajstić information content (AvgIpc) is 3.26. The minimum Gasteiger partial charge on any atom is -0.403 e. The molecular formula is C23H15N7O2. The summed E-state index contributed by atoms with van der Waals surface area (Å²) in [6.45, 7) is 0. The summed E-state index contributed by atoms with van der Waals surface area (Å²) in [6.07, 6.45) is 0.482. The number of nitrogens with one attached hydrogen (secondary N) is 2. The van der Waals surface area contributed by atoms with E-state index in [9.17, 15) is 4.79 Å². The first-order valence-corrected chi connectivity index (χ1v) is 9.71. The van der Waals surface area contributed by atoms with Gasteiger partial charge in [-0.2, -0.15) is 5.26 Å². The van der Waals surface area contributed by atoms with Gasteiger partial charge >= 0.3 is 6.01 Å². The van der Waals surface area contributed by atoms with Crippen LogP contribution in [0.15, 0.2) is 82.3 Å². The monoisotopic (exact) mass is 421 g/mol. The van der Waals surface area contributed by atoms with Crippen LogP contribution in [0.3, 0.4) is 0 Å². The van der Waals surface area contributed by atoms with E-state index in [1.54, 1.807) is 6.07 Å². The Morgan fingerprint density at radius 3 is 2.66 bits per heavy atom. The zero-order valence-corrected chi connectivity index (χ0v) is 16.6. The van der Waals surface area contributed by atoms with E-state index in [-0.39, 0.29) is 23.5 Å². The number of amides is 1. The topological polar surface area (TPSA) is 129 Å². The van der Waals surface area contributed by atoms with E-state index < -0.39 is 6.17 Å². The predicted octanol–water partition coefficient (Wildman–Crippen LogP) is 3.23. The third-order valence-electron chi connectivity index (χ3n) is 4.80. The Labute approximate surface area is 182 Å². The smallest absolute Gasteiger partial charge is 0.317 e. The van der Waals surface area contributed by atoms with Crippen molar-refractivity contribution in [1.82, 2.24) is 15.2 Å². The van der Waals surface area contributed by atoms with E-state index in [1.165, 1.54) is 12.3 Å². The van der Waals surface area contributed by atoms with Crippen molar-refractivity contribution in [3.05, 3.63) is 89.7 Å². The van der Waals surface area contributed by atoms with Crippen LogP contribution in [0.1, 0.15) is 16.8 Å². The van der Waals surface area contributed by atoms with Crippen molar-refractivity contribution in [2.45, 2.75) is 6.17 Å². The van der Waals surface area contributed by atoms with Gasteiger partial charge in [-0.15, -0.1) is 5.10 Å². The van der Waals surface area contributed by atoms with Crippen molar-refractivity contribution in [1.29, 1.82) is 5.26 Å². The molecule has 0 bridgehead atoms. The Kier molecular flexibility index (Phi) is 4.86. The lowest BCUT2D eigenvalue weighted by Crippen LogP contribution is -2.32. The highest BCUT2D eigenvalue weighted by atomic mass is 16.4. The van der Waals surface area contributed by atoms with Crippen molar-refractivity contribution < 1.29 is 9.21 Å². The Balaban J connectivity index is 1.49. The number of carbonyl (C=O) groups excluding carboxylic acids is 1. The van der Waals surface area contributed by atoms with Gasteiger partial charge in [-0.05, 0) is 18.2 Å². The van der Waals surface area contributed by atoms with Gasteiger partial charge in [-0.3, -0.25) is 4.79 Å². The number of pyridine rings is 1. The first-order chi connectivity index (χ1) is 15.7. The third kappa shape index (κ3) is 3.68. The lowest BCUT2D eigenvalue weighted by molar-refractivity contribution is -0.116. The van der Waals surface area contributed by atoms with E-state index >= 15 is 0 Å². The van der Waals surface area contributed by atoms with Gasteiger partial charge in [0.1, 0.15) is 11.8 Å². The lowest BCUT2D eigenvalue weighted by Gasteiger charge is -2.11. The SMILES string of the molecule is N#Cc1cc(-c2nnc(NC3N=C(c4ccccc4)c4ccccc4NC3=O)o2)ccn1. The van der Waals surface area contributed by atoms with Crippen LogP contribution in [-0.2, 0) is 4.79 Å². The fourth-order valence-electron chi connectivity index (χ4n) is 3.32. The second-order valence-corrected chi connectivity index (χ2v) is 6.88. The van der Waals surface area contributed by atoms with Gasteiger partial charge in [0.05, 0.1) is 11.4 Å². The van der Waals surface area contributed by atoms with E-state index in [0.29, 0.717) is 17.0 Å². The van der Waals surface area contributed by atoms with Crippen LogP contribution >= 0.6 is 0 Å². The summed E-state index contributed by atoms with van der Waals surface area (Å²) in [5.74, 6) is -0.171. The lowest BCUT2D eigenvalue weighted by atomic mass is 10.0. The zero-order chi connectivity index (χ0) is 21.9. The molecule has 0 saturated heterocycles. The average molecular weight is 421 g/mol. The minimum atomic E-state index is -1.00. The summed E-state index contributed by atoms with van der Waals surface area (Å²) in [5.41, 5.74) is 3.77. The maximum absolute atomic E-state index is 12.9. The maximum Gasteiger partial charge on any atom is 0.317 e. The molecule has 2 aromatic carbocycles. The molecule has 3 heterocycles. The first-order valence-electron chi connectivity index (χ1n) is 9.71. The van der Waals surface area contributed by atoms with E-state index in [2.05, 4.69) is 30.8 Å². The molecule has 5 rings (SSSR count). The molecule has 1 amide bonds. The number of benzodiazepines with no additional fused rings is 1. The molecule has 0 aliphatic carbocycles. The van der Waals surface area contributed by atoms with Crippen LogP contribution < -0.4 is 10.6 Å². The van der Waals surface area contributed by atoms with Crippen LogP contribution in [0.25, 0.3) is 11.5 Å². The number of aliphatic imine (C=N–C) groups is 1. The molecule has 1 unspecified atom stereocenters. The number of aromatic nitrogens is 3. The summed E-state index contributed by atoms with van der Waals surface area (Å²) in [7, 11) is 0. The molecule has 32 heavy (non-hydrogen) atoms. The summed E-state index contributed by atoms with van der Waals surface area (Å²) < 4.78 is 5.66. The maximum atomic E-state index is 12.9. The van der Waals surface area contributed by atoms with E-state index in [4.69, 9.17) is 9.68 Å². The number of fused-ring (bicyclic) bond motifs is 1. The number of rotatable bonds is 4. The molecule has 4 aromatic rings. The predicted molar refractivity (Wildman–Crippen MR) is 117 cm³/mol. The van der Waals surface area contributed by atoms with Gasteiger partial charge in [-0.25, -0.2) is 9.98 Å². The summed E-state index contributed by atoms with van der Waals surface area (Å²) in [4.78, 5) is 21.5. The summed E-state index contributed by atoms with van der Waals surface area (Å²) >= 11 is 0. The number of nitrogens with zero attached hydrogens (tertiary/aromatic N) is 5. The van der Waals surface area contributed by atoms with Crippen molar-refractivity contribution >= 4 is 23.3 Å². The normalized spacial score (nSPS) is 15.0. The Morgan fingerprint density at radius 2 is 1.81 bits per heavy atom. The number of hydrogen-bond acceptors (Lipinski definition) is 8. The molecule has 2 aromatic heterocycles. The van der Waals surface area contributed by atoms with Crippen LogP contribution in [-0.4, -0.2) is 33.0 Å². The number of benzene rings is 2.